The van der Waals surface area contributed by atoms with Gasteiger partial charge in [-0.05, 0) is 18.9 Å². The summed E-state index contributed by atoms with van der Waals surface area (Å²) < 4.78 is 10.2. The second-order valence-electron chi connectivity index (χ2n) is 6.06. The lowest BCUT2D eigenvalue weighted by atomic mass is 10.1. The molecule has 0 radical (unpaired) electrons. The van der Waals surface area contributed by atoms with E-state index in [0.29, 0.717) is 6.61 Å². The van der Waals surface area contributed by atoms with Crippen LogP contribution in [0.25, 0.3) is 0 Å². The molecule has 0 bridgehead atoms. The zero-order valence-electron chi connectivity index (χ0n) is 14.4. The maximum Gasteiger partial charge on any atom is 0.270 e. The largest absolute Gasteiger partial charge is 0.376 e. The van der Waals surface area contributed by atoms with Crippen LogP contribution in [0.2, 0.25) is 0 Å². The molecule has 1 N–H and O–H groups in total. The number of hydrogen-bond acceptors (Lipinski definition) is 7. The van der Waals surface area contributed by atoms with Crippen LogP contribution in [0.4, 0.5) is 11.5 Å². The summed E-state index contributed by atoms with van der Waals surface area (Å²) in [5.41, 5.74) is -0.0543. The molecule has 1 aliphatic rings. The molecule has 1 aromatic carbocycles. The molecule has 10 heteroatoms. The maximum absolute atomic E-state index is 12.9. The maximum atomic E-state index is 12.9. The number of amides is 2. The molecule has 2 amide bonds. The minimum absolute atomic E-state index is 0.136. The van der Waals surface area contributed by atoms with Gasteiger partial charge in [-0.3, -0.25) is 19.7 Å². The van der Waals surface area contributed by atoms with Gasteiger partial charge in [-0.2, -0.15) is 0 Å². The van der Waals surface area contributed by atoms with Gasteiger partial charge in [0.2, 0.25) is 5.91 Å². The van der Waals surface area contributed by atoms with Crippen molar-refractivity contribution in [1.29, 1.82) is 0 Å². The Labute approximate surface area is 154 Å². The zero-order valence-corrected chi connectivity index (χ0v) is 14.4. The van der Waals surface area contributed by atoms with Crippen molar-refractivity contribution in [2.24, 2.45) is 0 Å². The van der Waals surface area contributed by atoms with Crippen LogP contribution in [0.1, 0.15) is 23.2 Å². The highest BCUT2D eigenvalue weighted by Gasteiger charge is 2.26. The SMILES string of the molecule is O=C(CN(C[C@H]1CCCO1)C(=O)c1cccc([N+](=O)[O-])c1)Nc1ccon1. The molecule has 0 aliphatic carbocycles. The first kappa shape index (κ1) is 18.5. The summed E-state index contributed by atoms with van der Waals surface area (Å²) in [7, 11) is 0. The third-order valence-electron chi connectivity index (χ3n) is 4.08. The van der Waals surface area contributed by atoms with E-state index in [9.17, 15) is 19.7 Å². The van der Waals surface area contributed by atoms with Crippen LogP contribution in [-0.4, -0.2) is 52.6 Å². The van der Waals surface area contributed by atoms with Gasteiger partial charge >= 0.3 is 0 Å². The van der Waals surface area contributed by atoms with Gasteiger partial charge < -0.3 is 19.5 Å². The standard InChI is InChI=1S/C17H18N4O6/c22-16(18-15-6-8-27-19-15)11-20(10-14-5-2-7-26-14)17(23)12-3-1-4-13(9-12)21(24)25/h1,3-4,6,8-9,14H,2,5,7,10-11H2,(H,18,19,22)/t14-/m1/s1. The van der Waals surface area contributed by atoms with E-state index in [-0.39, 0.29) is 36.3 Å². The first-order valence-electron chi connectivity index (χ1n) is 8.38. The Hall–Kier alpha value is -3.27. The molecule has 27 heavy (non-hydrogen) atoms. The van der Waals surface area contributed by atoms with Gasteiger partial charge in [-0.15, -0.1) is 0 Å². The van der Waals surface area contributed by atoms with Crippen molar-refractivity contribution in [1.82, 2.24) is 10.1 Å². The van der Waals surface area contributed by atoms with Crippen LogP contribution < -0.4 is 5.32 Å². The van der Waals surface area contributed by atoms with E-state index in [0.717, 1.165) is 12.8 Å². The Morgan fingerprint density at radius 1 is 1.37 bits per heavy atom. The summed E-state index contributed by atoms with van der Waals surface area (Å²) in [6, 6.07) is 6.89. The molecule has 2 aromatic rings. The third-order valence-corrected chi connectivity index (χ3v) is 4.08. The predicted octanol–water partition coefficient (Wildman–Crippen LogP) is 1.84. The summed E-state index contributed by atoms with van der Waals surface area (Å²) in [5.74, 6) is -0.704. The molecule has 0 spiro atoms. The fraction of sp³-hybridized carbons (Fsp3) is 0.353. The summed E-state index contributed by atoms with van der Waals surface area (Å²) in [5, 5.41) is 17.1. The van der Waals surface area contributed by atoms with Crippen molar-refractivity contribution in [2.75, 3.05) is 25.0 Å². The molecule has 1 atom stereocenters. The summed E-state index contributed by atoms with van der Waals surface area (Å²) in [4.78, 5) is 36.9. The van der Waals surface area contributed by atoms with Crippen LogP contribution in [0.3, 0.4) is 0 Å². The van der Waals surface area contributed by atoms with Gasteiger partial charge in [0.1, 0.15) is 12.8 Å². The highest BCUT2D eigenvalue weighted by molar-refractivity contribution is 5.99. The fourth-order valence-corrected chi connectivity index (χ4v) is 2.82. The molecule has 1 saturated heterocycles. The molecular weight excluding hydrogens is 356 g/mol. The second-order valence-corrected chi connectivity index (χ2v) is 6.06. The van der Waals surface area contributed by atoms with E-state index in [1.807, 2.05) is 0 Å². The van der Waals surface area contributed by atoms with Gasteiger partial charge in [0.25, 0.3) is 11.6 Å². The van der Waals surface area contributed by atoms with E-state index in [1.54, 1.807) is 0 Å². The third kappa shape index (κ3) is 4.88. The van der Waals surface area contributed by atoms with E-state index in [1.165, 1.54) is 41.5 Å². The lowest BCUT2D eigenvalue weighted by Gasteiger charge is -2.24. The number of nitro groups is 1. The van der Waals surface area contributed by atoms with Crippen LogP contribution >= 0.6 is 0 Å². The number of benzene rings is 1. The van der Waals surface area contributed by atoms with Crippen molar-refractivity contribution in [3.63, 3.8) is 0 Å². The smallest absolute Gasteiger partial charge is 0.270 e. The quantitative estimate of drug-likeness (QED) is 0.578. The van der Waals surface area contributed by atoms with Crippen LogP contribution in [-0.2, 0) is 9.53 Å². The number of hydrogen-bond donors (Lipinski definition) is 1. The van der Waals surface area contributed by atoms with Gasteiger partial charge in [-0.1, -0.05) is 11.2 Å². The molecule has 10 nitrogen and oxygen atoms in total. The molecule has 1 aliphatic heterocycles. The van der Waals surface area contributed by atoms with Crippen molar-refractivity contribution < 1.29 is 23.8 Å². The summed E-state index contributed by atoms with van der Waals surface area (Å²) in [6.07, 6.45) is 2.80. The van der Waals surface area contributed by atoms with E-state index >= 15 is 0 Å². The van der Waals surface area contributed by atoms with Crippen molar-refractivity contribution in [3.05, 3.63) is 52.3 Å². The van der Waals surface area contributed by atoms with Crippen molar-refractivity contribution in [3.8, 4) is 0 Å². The number of carbonyl (C=O) groups excluding carboxylic acids is 2. The van der Waals surface area contributed by atoms with Crippen molar-refractivity contribution in [2.45, 2.75) is 18.9 Å². The topological polar surface area (TPSA) is 128 Å². The van der Waals surface area contributed by atoms with Gasteiger partial charge in [0.05, 0.1) is 11.0 Å². The zero-order chi connectivity index (χ0) is 19.2. The number of ether oxygens (including phenoxy) is 1. The minimum Gasteiger partial charge on any atom is -0.376 e. The van der Waals surface area contributed by atoms with Crippen LogP contribution in [0.15, 0.2) is 41.1 Å². The molecule has 2 heterocycles. The van der Waals surface area contributed by atoms with E-state index < -0.39 is 16.7 Å². The number of non-ortho nitro benzene ring substituents is 1. The summed E-state index contributed by atoms with van der Waals surface area (Å²) >= 11 is 0. The molecule has 1 aromatic heterocycles. The van der Waals surface area contributed by atoms with E-state index in [4.69, 9.17) is 4.74 Å². The Bertz CT molecular complexity index is 817. The molecule has 0 saturated carbocycles. The normalized spacial score (nSPS) is 16.1. The average Bonchev–Trinajstić information content (AvgIpc) is 3.34. The Morgan fingerprint density at radius 2 is 2.22 bits per heavy atom. The molecule has 142 valence electrons. The number of nitro benzene ring substituents is 1. The Balaban J connectivity index is 1.75. The first-order valence-corrected chi connectivity index (χ1v) is 8.38. The van der Waals surface area contributed by atoms with Gasteiger partial charge in [0, 0.05) is 36.9 Å². The first-order chi connectivity index (χ1) is 13.0. The van der Waals surface area contributed by atoms with Gasteiger partial charge in [-0.25, -0.2) is 0 Å². The number of carbonyl (C=O) groups is 2. The monoisotopic (exact) mass is 374 g/mol. The number of nitrogens with zero attached hydrogens (tertiary/aromatic N) is 3. The molecule has 3 rings (SSSR count). The van der Waals surface area contributed by atoms with Crippen LogP contribution in [0, 0.1) is 10.1 Å². The fourth-order valence-electron chi connectivity index (χ4n) is 2.82. The van der Waals surface area contributed by atoms with Gasteiger partial charge in [0.15, 0.2) is 5.82 Å². The minimum atomic E-state index is -0.571. The van der Waals surface area contributed by atoms with Crippen molar-refractivity contribution >= 4 is 23.3 Å². The number of aromatic nitrogens is 1. The number of nitrogens with one attached hydrogen (secondary N) is 1. The Morgan fingerprint density at radius 3 is 2.89 bits per heavy atom. The lowest BCUT2D eigenvalue weighted by molar-refractivity contribution is -0.384. The number of anilines is 1. The molecular formula is C17H18N4O6. The van der Waals surface area contributed by atoms with Crippen LogP contribution in [0.5, 0.6) is 0 Å². The summed E-state index contributed by atoms with van der Waals surface area (Å²) in [6.45, 7) is 0.580. The lowest BCUT2D eigenvalue weighted by Crippen LogP contribution is -2.42. The highest BCUT2D eigenvalue weighted by atomic mass is 16.6. The second kappa shape index (κ2) is 8.41. The number of rotatable bonds is 7. The average molecular weight is 374 g/mol. The predicted molar refractivity (Wildman–Crippen MR) is 93.1 cm³/mol. The van der Waals surface area contributed by atoms with E-state index in [2.05, 4.69) is 15.0 Å². The highest BCUT2D eigenvalue weighted by Crippen LogP contribution is 2.18. The molecule has 1 fully saturated rings. The Kier molecular flexibility index (Phi) is 5.77. The molecule has 0 unspecified atom stereocenters.